The van der Waals surface area contributed by atoms with Crippen molar-refractivity contribution in [2.75, 3.05) is 0 Å². The highest BCUT2D eigenvalue weighted by molar-refractivity contribution is 5.71. The largest absolute Gasteiger partial charge is 0.462 e. The number of rotatable bonds is 9. The van der Waals surface area contributed by atoms with Crippen LogP contribution in [0.2, 0.25) is 0 Å². The Hall–Kier alpha value is -2.65. The number of esters is 5. The number of hydrogen-bond acceptors (Lipinski definition) is 10. The van der Waals surface area contributed by atoms with Crippen molar-refractivity contribution in [2.45, 2.75) is 145 Å². The first-order valence-electron chi connectivity index (χ1n) is 17.3. The molecule has 4 fully saturated rings. The summed E-state index contributed by atoms with van der Waals surface area (Å²) in [6.45, 7) is 18.3. The molecular formula is C36H56O10. The first-order chi connectivity index (χ1) is 21.4. The van der Waals surface area contributed by atoms with Crippen LogP contribution in [-0.4, -0.2) is 60.4 Å². The lowest BCUT2D eigenvalue weighted by Gasteiger charge is -2.56. The quantitative estimate of drug-likeness (QED) is 0.223. The van der Waals surface area contributed by atoms with Crippen molar-refractivity contribution in [1.82, 2.24) is 0 Å². The molecule has 4 aliphatic rings. The van der Waals surface area contributed by atoms with Crippen LogP contribution in [0.1, 0.15) is 114 Å². The lowest BCUT2D eigenvalue weighted by atomic mass is 9.49. The summed E-state index contributed by atoms with van der Waals surface area (Å²) in [6, 6.07) is 0. The Kier molecular flexibility index (Phi) is 10.9. The van der Waals surface area contributed by atoms with Crippen molar-refractivity contribution in [3.05, 3.63) is 0 Å². The lowest BCUT2D eigenvalue weighted by Crippen LogP contribution is -2.57. The smallest absolute Gasteiger partial charge is 0.306 e. The molecule has 3 saturated carbocycles. The van der Waals surface area contributed by atoms with Crippen molar-refractivity contribution < 1.29 is 47.7 Å². The number of hydrogen-bond donors (Lipinski definition) is 0. The van der Waals surface area contributed by atoms with Gasteiger partial charge in [0.25, 0.3) is 0 Å². The molecule has 10 heteroatoms. The van der Waals surface area contributed by atoms with Crippen LogP contribution in [0.25, 0.3) is 0 Å². The number of ether oxygens (including phenoxy) is 5. The van der Waals surface area contributed by atoms with Crippen LogP contribution in [0.4, 0.5) is 0 Å². The molecule has 3 aliphatic carbocycles. The van der Waals surface area contributed by atoms with Gasteiger partial charge in [0.1, 0.15) is 30.5 Å². The Bertz CT molecular complexity index is 1180. The van der Waals surface area contributed by atoms with E-state index in [1.165, 1.54) is 27.7 Å². The number of carbonyl (C=O) groups excluding carboxylic acids is 5. The summed E-state index contributed by atoms with van der Waals surface area (Å²) < 4.78 is 29.4. The molecule has 1 aliphatic heterocycles. The predicted molar refractivity (Wildman–Crippen MR) is 168 cm³/mol. The van der Waals surface area contributed by atoms with Crippen molar-refractivity contribution in [3.8, 4) is 0 Å². The van der Waals surface area contributed by atoms with E-state index in [1.54, 1.807) is 0 Å². The van der Waals surface area contributed by atoms with Gasteiger partial charge in [-0.2, -0.15) is 0 Å². The van der Waals surface area contributed by atoms with Gasteiger partial charge in [0.05, 0.1) is 0 Å². The molecule has 13 atom stereocenters. The molecule has 10 nitrogen and oxygen atoms in total. The van der Waals surface area contributed by atoms with Crippen molar-refractivity contribution in [2.24, 2.45) is 52.3 Å². The fraction of sp³-hybridized carbons (Fsp3) is 0.861. The lowest BCUT2D eigenvalue weighted by molar-refractivity contribution is -0.198. The van der Waals surface area contributed by atoms with Crippen LogP contribution in [-0.2, 0) is 47.7 Å². The van der Waals surface area contributed by atoms with Gasteiger partial charge in [-0.15, -0.1) is 0 Å². The Morgan fingerprint density at radius 3 is 1.89 bits per heavy atom. The van der Waals surface area contributed by atoms with Gasteiger partial charge >= 0.3 is 29.8 Å². The maximum atomic E-state index is 13.5. The second kappa shape index (κ2) is 13.8. The first kappa shape index (κ1) is 36.2. The summed E-state index contributed by atoms with van der Waals surface area (Å²) >= 11 is 0. The van der Waals surface area contributed by atoms with Crippen LogP contribution in [0.15, 0.2) is 0 Å². The van der Waals surface area contributed by atoms with Gasteiger partial charge in [0.15, 0.2) is 0 Å². The maximum Gasteiger partial charge on any atom is 0.306 e. The minimum atomic E-state index is -0.675. The van der Waals surface area contributed by atoms with Gasteiger partial charge in [-0.3, -0.25) is 24.0 Å². The van der Waals surface area contributed by atoms with Crippen molar-refractivity contribution in [1.29, 1.82) is 0 Å². The minimum absolute atomic E-state index is 0.0303. The fourth-order valence-corrected chi connectivity index (χ4v) is 10.2. The average molecular weight is 649 g/mol. The van der Waals surface area contributed by atoms with Gasteiger partial charge in [-0.1, -0.05) is 41.5 Å². The summed E-state index contributed by atoms with van der Waals surface area (Å²) in [5.41, 5.74) is -0.604. The van der Waals surface area contributed by atoms with E-state index in [2.05, 4.69) is 34.6 Å². The Morgan fingerprint density at radius 2 is 1.33 bits per heavy atom. The summed E-state index contributed by atoms with van der Waals surface area (Å²) in [4.78, 5) is 62.2. The van der Waals surface area contributed by atoms with Crippen LogP contribution < -0.4 is 0 Å². The van der Waals surface area contributed by atoms with Gasteiger partial charge in [0.2, 0.25) is 0 Å². The SMILES string of the molecule is CC(=O)O[C@H]([C@@H](C)[C@@H]1CC[C@H]2[C@H]3CC(=O)O[C@H]4C[C@H](OC(C)=O)[C@H](OC(C)=O)C[C@]4(C)[C@H]3CC[C@]12C)[C@H](OC(C)=O)[C@H](C)C(C)C. The zero-order valence-corrected chi connectivity index (χ0v) is 29.5. The topological polar surface area (TPSA) is 132 Å². The minimum Gasteiger partial charge on any atom is -0.462 e. The van der Waals surface area contributed by atoms with Crippen molar-refractivity contribution in [3.63, 3.8) is 0 Å². The van der Waals surface area contributed by atoms with E-state index in [0.717, 1.165) is 25.7 Å². The second-order valence-electron chi connectivity index (χ2n) is 15.6. The fourth-order valence-electron chi connectivity index (χ4n) is 10.2. The highest BCUT2D eigenvalue weighted by Crippen LogP contribution is 2.66. The molecular weight excluding hydrogens is 592 g/mol. The second-order valence-corrected chi connectivity index (χ2v) is 15.6. The molecule has 0 aromatic carbocycles. The third-order valence-corrected chi connectivity index (χ3v) is 12.6. The third kappa shape index (κ3) is 7.10. The average Bonchev–Trinajstić information content (AvgIpc) is 3.23. The Balaban J connectivity index is 1.66. The molecule has 260 valence electrons. The molecule has 4 rings (SSSR count). The molecule has 46 heavy (non-hydrogen) atoms. The standard InChI is InChI=1S/C36H56O10/c1-18(2)19(3)33(44-23(7)39)34(45-24(8)40)20(4)26-11-12-27-25-15-32(41)46-31-16-29(42-21(5)37)30(43-22(6)38)17-36(31,10)28(25)13-14-35(26,27)9/h18-20,25-31,33-34H,11-17H2,1-10H3/t19-,20+,25-,26+,27+,28+,29+,30-,31+,33-,34-,35-,36-/m1/s1. The molecule has 0 spiro atoms. The van der Waals surface area contributed by atoms with Crippen molar-refractivity contribution >= 4 is 29.8 Å². The molecule has 0 unspecified atom stereocenters. The monoisotopic (exact) mass is 648 g/mol. The summed E-state index contributed by atoms with van der Waals surface area (Å²) in [7, 11) is 0. The Morgan fingerprint density at radius 1 is 0.761 bits per heavy atom. The van der Waals surface area contributed by atoms with Crippen LogP contribution in [0.5, 0.6) is 0 Å². The number of carbonyl (C=O) groups is 5. The number of fused-ring (bicyclic) bond motifs is 5. The zero-order valence-electron chi connectivity index (χ0n) is 29.5. The maximum absolute atomic E-state index is 13.5. The first-order valence-corrected chi connectivity index (χ1v) is 17.3. The van der Waals surface area contributed by atoms with Crippen LogP contribution >= 0.6 is 0 Å². The van der Waals surface area contributed by atoms with Crippen LogP contribution in [0, 0.1) is 52.3 Å². The molecule has 0 amide bonds. The van der Waals surface area contributed by atoms with Gasteiger partial charge in [-0.05, 0) is 73.0 Å². The molecule has 0 N–H and O–H groups in total. The summed E-state index contributed by atoms with van der Waals surface area (Å²) in [5.74, 6) is -1.23. The molecule has 0 aromatic heterocycles. The van der Waals surface area contributed by atoms with E-state index in [9.17, 15) is 24.0 Å². The molecule has 0 bridgehead atoms. The van der Waals surface area contributed by atoms with E-state index in [4.69, 9.17) is 23.7 Å². The van der Waals surface area contributed by atoms with Gasteiger partial charge in [0, 0.05) is 51.9 Å². The third-order valence-electron chi connectivity index (χ3n) is 12.6. The summed E-state index contributed by atoms with van der Waals surface area (Å²) in [6.07, 6.45) is 1.74. The predicted octanol–water partition coefficient (Wildman–Crippen LogP) is 5.82. The normalized spacial score (nSPS) is 38.0. The van der Waals surface area contributed by atoms with E-state index >= 15 is 0 Å². The van der Waals surface area contributed by atoms with E-state index in [0.29, 0.717) is 19.3 Å². The van der Waals surface area contributed by atoms with E-state index < -0.39 is 59.8 Å². The molecule has 1 heterocycles. The van der Waals surface area contributed by atoms with E-state index in [-0.39, 0.29) is 52.8 Å². The summed E-state index contributed by atoms with van der Waals surface area (Å²) in [5, 5.41) is 0. The highest BCUT2D eigenvalue weighted by Gasteiger charge is 2.64. The molecule has 0 aromatic rings. The van der Waals surface area contributed by atoms with Gasteiger partial charge < -0.3 is 23.7 Å². The zero-order chi connectivity index (χ0) is 34.3. The van der Waals surface area contributed by atoms with E-state index in [1.807, 2.05) is 6.92 Å². The molecule has 1 saturated heterocycles. The molecule has 0 radical (unpaired) electrons. The highest BCUT2D eigenvalue weighted by atomic mass is 16.6. The Labute approximate surface area is 274 Å². The van der Waals surface area contributed by atoms with Gasteiger partial charge in [-0.25, -0.2) is 0 Å². The van der Waals surface area contributed by atoms with Crippen LogP contribution in [0.3, 0.4) is 0 Å².